The predicted octanol–water partition coefficient (Wildman–Crippen LogP) is 11.1. The third-order valence-electron chi connectivity index (χ3n) is 10.6. The number of allylic oxidation sites excluding steroid dienone is 2. The van der Waals surface area contributed by atoms with Crippen LogP contribution in [0.4, 0.5) is 0 Å². The van der Waals surface area contributed by atoms with Gasteiger partial charge in [0.05, 0.1) is 0 Å². The monoisotopic (exact) mass is 688 g/mol. The van der Waals surface area contributed by atoms with Gasteiger partial charge in [0.1, 0.15) is 0 Å². The van der Waals surface area contributed by atoms with Crippen LogP contribution in [-0.2, 0) is 20.0 Å². The van der Waals surface area contributed by atoms with Gasteiger partial charge in [-0.05, 0) is 0 Å². The van der Waals surface area contributed by atoms with Crippen LogP contribution < -0.4 is 0 Å². The predicted molar refractivity (Wildman–Crippen MR) is 170 cm³/mol. The SMILES string of the molecule is Cc1cccc(C)c1-c1cccc2c1C=C1[CH]2[Hf]([CH3])([CH3])[CH]2C(=Cc3c(-c4c(C)cccc4C)cccc32)C1(C)C. The average Bonchev–Trinajstić information content (AvgIpc) is 3.50. The molecule has 3 aliphatic rings. The molecule has 0 nitrogen and oxygen atoms in total. The summed E-state index contributed by atoms with van der Waals surface area (Å²) in [6.45, 7) is 14.1. The number of rotatable bonds is 2. The van der Waals surface area contributed by atoms with Gasteiger partial charge in [-0.15, -0.1) is 0 Å². The van der Waals surface area contributed by atoms with Crippen LogP contribution in [0.25, 0.3) is 34.4 Å². The van der Waals surface area contributed by atoms with Gasteiger partial charge in [-0.1, -0.05) is 0 Å². The molecular weight excluding hydrogens is 647 g/mol. The Morgan fingerprint density at radius 3 is 1.25 bits per heavy atom. The summed E-state index contributed by atoms with van der Waals surface area (Å²) in [6.07, 6.45) is 5.27. The van der Waals surface area contributed by atoms with Crippen LogP contribution in [0.3, 0.4) is 0 Å². The van der Waals surface area contributed by atoms with Crippen molar-refractivity contribution in [1.29, 1.82) is 0 Å². The van der Waals surface area contributed by atoms with Crippen molar-refractivity contribution in [1.82, 2.24) is 0 Å². The Morgan fingerprint density at radius 1 is 0.525 bits per heavy atom. The first kappa shape index (κ1) is 26.1. The summed E-state index contributed by atoms with van der Waals surface area (Å²) in [5, 5.41) is 0. The van der Waals surface area contributed by atoms with Gasteiger partial charge in [0.2, 0.25) is 0 Å². The fourth-order valence-electron chi connectivity index (χ4n) is 8.74. The fraction of sp³-hybridized carbons (Fsp3) is 0.282. The van der Waals surface area contributed by atoms with Gasteiger partial charge in [0.15, 0.2) is 0 Å². The molecule has 0 spiro atoms. The molecule has 1 aliphatic heterocycles. The van der Waals surface area contributed by atoms with E-state index >= 15 is 0 Å². The average molecular weight is 687 g/mol. The Labute approximate surface area is 245 Å². The molecule has 7 rings (SSSR count). The third kappa shape index (κ3) is 3.46. The van der Waals surface area contributed by atoms with Crippen LogP contribution >= 0.6 is 0 Å². The van der Waals surface area contributed by atoms with E-state index in [4.69, 9.17) is 0 Å². The second kappa shape index (κ2) is 8.86. The molecule has 0 bridgehead atoms. The Morgan fingerprint density at radius 2 is 0.875 bits per heavy atom. The summed E-state index contributed by atoms with van der Waals surface area (Å²) in [5.41, 5.74) is 20.8. The van der Waals surface area contributed by atoms with Gasteiger partial charge in [-0.3, -0.25) is 0 Å². The van der Waals surface area contributed by atoms with Gasteiger partial charge in [0.25, 0.3) is 0 Å². The molecule has 4 aromatic carbocycles. The Kier molecular flexibility index (Phi) is 5.79. The van der Waals surface area contributed by atoms with Gasteiger partial charge >= 0.3 is 246 Å². The summed E-state index contributed by atoms with van der Waals surface area (Å²) in [6, 6.07) is 27.8. The molecule has 0 radical (unpaired) electrons. The van der Waals surface area contributed by atoms with Crippen LogP contribution in [0, 0.1) is 33.1 Å². The molecule has 2 atom stereocenters. The molecule has 0 saturated carbocycles. The van der Waals surface area contributed by atoms with Crippen molar-refractivity contribution in [2.45, 2.75) is 58.3 Å². The van der Waals surface area contributed by atoms with Gasteiger partial charge in [-0.25, -0.2) is 0 Å². The van der Waals surface area contributed by atoms with E-state index in [1.165, 1.54) is 55.6 Å². The molecule has 0 amide bonds. The first-order valence-corrected chi connectivity index (χ1v) is 26.2. The number of aryl methyl sites for hydroxylation is 4. The van der Waals surface area contributed by atoms with Crippen molar-refractivity contribution in [3.8, 4) is 22.3 Å². The summed E-state index contributed by atoms with van der Waals surface area (Å²) < 4.78 is 6.72. The zero-order valence-electron chi connectivity index (χ0n) is 25.2. The van der Waals surface area contributed by atoms with E-state index in [2.05, 4.69) is 136 Å². The third-order valence-corrected chi connectivity index (χ3v) is 25.7. The van der Waals surface area contributed by atoms with E-state index in [0.29, 0.717) is 7.35 Å². The van der Waals surface area contributed by atoms with Gasteiger partial charge < -0.3 is 0 Å². The van der Waals surface area contributed by atoms with E-state index in [1.807, 2.05) is 0 Å². The van der Waals surface area contributed by atoms with Crippen LogP contribution in [0.5, 0.6) is 0 Å². The van der Waals surface area contributed by atoms with E-state index in [0.717, 1.165) is 0 Å². The number of fused-ring (bicyclic) bond motifs is 6. The van der Waals surface area contributed by atoms with Crippen molar-refractivity contribution < 1.29 is 20.0 Å². The molecule has 0 N–H and O–H groups in total. The Hall–Kier alpha value is -2.77. The number of benzene rings is 4. The molecule has 1 saturated heterocycles. The van der Waals surface area contributed by atoms with Crippen molar-refractivity contribution in [3.63, 3.8) is 0 Å². The molecule has 40 heavy (non-hydrogen) atoms. The van der Waals surface area contributed by atoms with Crippen molar-refractivity contribution in [3.05, 3.63) is 128 Å². The quantitative estimate of drug-likeness (QED) is 0.184. The molecule has 1 heteroatoms. The van der Waals surface area contributed by atoms with Gasteiger partial charge in [-0.2, -0.15) is 0 Å². The standard InChI is InChI=1S/C37H34.2CH3.Hf/c1-23-11-7-12-24(2)35(23)31-17-9-15-27-19-29(21-33(27)31)37(5,6)30-20-28-16-10-18-32(34(28)22-30)36-25(3)13-8-14-26(36)4;;;/h7-22H,1-6H3;2*1H3;. The Balaban J connectivity index is 1.46. The zero-order valence-corrected chi connectivity index (χ0v) is 28.8. The fourth-order valence-corrected chi connectivity index (χ4v) is 26.5. The van der Waals surface area contributed by atoms with Crippen LogP contribution in [-0.4, -0.2) is 0 Å². The normalized spacial score (nSPS) is 21.2. The molecule has 1 heterocycles. The number of hydrogen-bond donors (Lipinski definition) is 0. The van der Waals surface area contributed by atoms with E-state index in [9.17, 15) is 0 Å². The molecule has 1 fully saturated rings. The maximum absolute atomic E-state index is 3.04. The van der Waals surface area contributed by atoms with Crippen LogP contribution in [0.15, 0.2) is 83.9 Å². The van der Waals surface area contributed by atoms with Crippen molar-refractivity contribution in [2.75, 3.05) is 0 Å². The summed E-state index contributed by atoms with van der Waals surface area (Å²) >= 11 is -3.04. The van der Waals surface area contributed by atoms with Crippen LogP contribution in [0.2, 0.25) is 9.36 Å². The minimum atomic E-state index is -3.04. The summed E-state index contributed by atoms with van der Waals surface area (Å²) in [4.78, 5) is 0. The first-order chi connectivity index (χ1) is 19.0. The van der Waals surface area contributed by atoms with Crippen LogP contribution in [0.1, 0.15) is 65.7 Å². The molecule has 200 valence electrons. The topological polar surface area (TPSA) is 0 Å². The van der Waals surface area contributed by atoms with E-state index in [1.54, 1.807) is 22.3 Å². The summed E-state index contributed by atoms with van der Waals surface area (Å²) in [5.74, 6) is 0. The Bertz CT molecular complexity index is 1620. The number of hydrogen-bond acceptors (Lipinski definition) is 0. The van der Waals surface area contributed by atoms with Crippen molar-refractivity contribution >= 4 is 12.2 Å². The molecule has 0 aromatic heterocycles. The van der Waals surface area contributed by atoms with Gasteiger partial charge in [0, 0.05) is 0 Å². The minimum absolute atomic E-state index is 0.0268. The second-order valence-corrected chi connectivity index (χ2v) is 30.9. The maximum atomic E-state index is 2.75. The van der Waals surface area contributed by atoms with E-state index < -0.39 is 20.0 Å². The van der Waals surface area contributed by atoms with Crippen molar-refractivity contribution in [2.24, 2.45) is 5.41 Å². The molecule has 2 unspecified atom stereocenters. The molecule has 4 aromatic rings. The second-order valence-electron chi connectivity index (χ2n) is 13.7. The zero-order chi connectivity index (χ0) is 28.1. The van der Waals surface area contributed by atoms with E-state index in [-0.39, 0.29) is 5.41 Å². The molecule has 2 aliphatic carbocycles. The molecular formula is C39H40Hf. The first-order valence-electron chi connectivity index (χ1n) is 14.9. The summed E-state index contributed by atoms with van der Waals surface area (Å²) in [7, 11) is 0.